The molecule has 1 aromatic rings. The fourth-order valence-corrected chi connectivity index (χ4v) is 4.50. The van der Waals surface area contributed by atoms with Gasteiger partial charge in [-0.1, -0.05) is 25.1 Å². The molecule has 1 saturated carbocycles. The molecule has 116 valence electrons. The summed E-state index contributed by atoms with van der Waals surface area (Å²) in [6.45, 7) is -0.140. The van der Waals surface area contributed by atoms with Crippen LogP contribution in [0, 0.1) is 11.6 Å². The number of nitrogens with zero attached hydrogens (tertiary/aromatic N) is 1. The van der Waals surface area contributed by atoms with Crippen LogP contribution in [0.1, 0.15) is 25.7 Å². The summed E-state index contributed by atoms with van der Waals surface area (Å²) in [5, 5.41) is 0. The summed E-state index contributed by atoms with van der Waals surface area (Å²) in [5.74, 6) is -1.94. The van der Waals surface area contributed by atoms with Crippen molar-refractivity contribution in [2.45, 2.75) is 36.6 Å². The van der Waals surface area contributed by atoms with E-state index in [4.69, 9.17) is 18.0 Å². The molecule has 0 unspecified atom stereocenters. The van der Waals surface area contributed by atoms with Crippen LogP contribution in [0.4, 0.5) is 8.78 Å². The molecule has 1 fully saturated rings. The molecular formula is C13H16F2N2O2S2. The van der Waals surface area contributed by atoms with Crippen LogP contribution in [-0.4, -0.2) is 30.3 Å². The zero-order chi connectivity index (χ0) is 15.6. The molecule has 0 bridgehead atoms. The molecule has 2 rings (SSSR count). The van der Waals surface area contributed by atoms with Crippen molar-refractivity contribution in [1.82, 2.24) is 4.31 Å². The van der Waals surface area contributed by atoms with E-state index in [1.165, 1.54) is 0 Å². The lowest BCUT2D eigenvalue weighted by atomic mass is 10.2. The van der Waals surface area contributed by atoms with E-state index in [1.807, 2.05) is 0 Å². The summed E-state index contributed by atoms with van der Waals surface area (Å²) in [6, 6.07) is 2.16. The maximum absolute atomic E-state index is 13.8. The number of hydrogen-bond acceptors (Lipinski definition) is 3. The van der Waals surface area contributed by atoms with Crippen LogP contribution in [0.5, 0.6) is 0 Å². The lowest BCUT2D eigenvalue weighted by Crippen LogP contribution is -2.43. The molecule has 1 aliphatic carbocycles. The van der Waals surface area contributed by atoms with Crippen LogP contribution in [0.15, 0.2) is 23.1 Å². The van der Waals surface area contributed by atoms with E-state index in [-0.39, 0.29) is 17.6 Å². The second-order valence-electron chi connectivity index (χ2n) is 5.03. The van der Waals surface area contributed by atoms with Crippen LogP contribution in [0.25, 0.3) is 0 Å². The fourth-order valence-electron chi connectivity index (χ4n) is 2.57. The molecule has 0 aliphatic heterocycles. The molecular weight excluding hydrogens is 318 g/mol. The van der Waals surface area contributed by atoms with Crippen molar-refractivity contribution in [3.63, 3.8) is 0 Å². The van der Waals surface area contributed by atoms with Gasteiger partial charge < -0.3 is 5.73 Å². The predicted molar refractivity (Wildman–Crippen MR) is 79.3 cm³/mol. The maximum Gasteiger partial charge on any atom is 0.246 e. The van der Waals surface area contributed by atoms with E-state index in [0.29, 0.717) is 18.9 Å². The SMILES string of the molecule is NC(=S)CN(C1CCCC1)S(=O)(=O)c1ccc(F)cc1F. The third-order valence-electron chi connectivity index (χ3n) is 3.52. The Kier molecular flexibility index (Phi) is 4.90. The summed E-state index contributed by atoms with van der Waals surface area (Å²) in [4.78, 5) is -0.528. The van der Waals surface area contributed by atoms with Gasteiger partial charge in [-0.2, -0.15) is 4.31 Å². The van der Waals surface area contributed by atoms with E-state index in [2.05, 4.69) is 0 Å². The van der Waals surface area contributed by atoms with Crippen molar-refractivity contribution in [1.29, 1.82) is 0 Å². The predicted octanol–water partition coefficient (Wildman–Crippen LogP) is 2.18. The molecule has 0 spiro atoms. The molecule has 0 radical (unpaired) electrons. The Morgan fingerprint density at radius 1 is 1.33 bits per heavy atom. The van der Waals surface area contributed by atoms with Crippen LogP contribution in [-0.2, 0) is 10.0 Å². The number of sulfonamides is 1. The first-order chi connectivity index (χ1) is 9.82. The van der Waals surface area contributed by atoms with Crippen molar-refractivity contribution in [2.24, 2.45) is 5.73 Å². The van der Waals surface area contributed by atoms with Gasteiger partial charge in [0.05, 0.1) is 11.5 Å². The van der Waals surface area contributed by atoms with Gasteiger partial charge in [-0.25, -0.2) is 17.2 Å². The Balaban J connectivity index is 2.43. The lowest BCUT2D eigenvalue weighted by molar-refractivity contribution is 0.353. The van der Waals surface area contributed by atoms with Crippen molar-refractivity contribution in [3.05, 3.63) is 29.8 Å². The number of nitrogens with two attached hydrogens (primary N) is 1. The second kappa shape index (κ2) is 6.33. The first-order valence-electron chi connectivity index (χ1n) is 6.57. The van der Waals surface area contributed by atoms with Gasteiger partial charge in [0.1, 0.15) is 16.5 Å². The first kappa shape index (κ1) is 16.3. The highest BCUT2D eigenvalue weighted by Crippen LogP contribution is 2.29. The number of halogens is 2. The maximum atomic E-state index is 13.8. The normalized spacial score (nSPS) is 16.5. The van der Waals surface area contributed by atoms with Crippen molar-refractivity contribution in [3.8, 4) is 0 Å². The standard InChI is InChI=1S/C13H16F2N2O2S2/c14-9-5-6-12(11(15)7-9)21(18,19)17(8-13(16)20)10-3-1-2-4-10/h5-7,10H,1-4,8H2,(H2,16,20). The van der Waals surface area contributed by atoms with Gasteiger partial charge in [-0.3, -0.25) is 0 Å². The molecule has 8 heteroatoms. The van der Waals surface area contributed by atoms with Gasteiger partial charge in [0, 0.05) is 12.1 Å². The van der Waals surface area contributed by atoms with Crippen LogP contribution < -0.4 is 5.73 Å². The van der Waals surface area contributed by atoms with Crippen molar-refractivity contribution in [2.75, 3.05) is 6.54 Å². The molecule has 1 aliphatic rings. The Morgan fingerprint density at radius 3 is 2.48 bits per heavy atom. The van der Waals surface area contributed by atoms with Gasteiger partial charge >= 0.3 is 0 Å². The van der Waals surface area contributed by atoms with Gasteiger partial charge in [-0.15, -0.1) is 0 Å². The Hall–Kier alpha value is -1.12. The zero-order valence-corrected chi connectivity index (χ0v) is 12.9. The third-order valence-corrected chi connectivity index (χ3v) is 5.58. The number of hydrogen-bond donors (Lipinski definition) is 1. The monoisotopic (exact) mass is 334 g/mol. The summed E-state index contributed by atoms with van der Waals surface area (Å²) in [6.07, 6.45) is 3.18. The minimum atomic E-state index is -4.10. The molecule has 0 amide bonds. The lowest BCUT2D eigenvalue weighted by Gasteiger charge is -2.27. The average molecular weight is 334 g/mol. The topological polar surface area (TPSA) is 63.4 Å². The van der Waals surface area contributed by atoms with Gasteiger partial charge in [0.2, 0.25) is 10.0 Å². The minimum absolute atomic E-state index is 0.0213. The molecule has 0 saturated heterocycles. The quantitative estimate of drug-likeness (QED) is 0.839. The number of rotatable bonds is 5. The average Bonchev–Trinajstić information content (AvgIpc) is 2.88. The highest BCUT2D eigenvalue weighted by molar-refractivity contribution is 7.89. The molecule has 2 N–H and O–H groups in total. The van der Waals surface area contributed by atoms with Gasteiger partial charge in [0.15, 0.2) is 0 Å². The molecule has 4 nitrogen and oxygen atoms in total. The minimum Gasteiger partial charge on any atom is -0.392 e. The van der Waals surface area contributed by atoms with Crippen LogP contribution in [0.2, 0.25) is 0 Å². The summed E-state index contributed by atoms with van der Waals surface area (Å²) >= 11 is 4.80. The fraction of sp³-hybridized carbons (Fsp3) is 0.462. The largest absolute Gasteiger partial charge is 0.392 e. The summed E-state index contributed by atoms with van der Waals surface area (Å²) in [5.41, 5.74) is 5.47. The van der Waals surface area contributed by atoms with E-state index in [1.54, 1.807) is 0 Å². The molecule has 0 aromatic heterocycles. The Labute approximate surface area is 128 Å². The second-order valence-corrected chi connectivity index (χ2v) is 7.41. The highest BCUT2D eigenvalue weighted by Gasteiger charge is 2.35. The van der Waals surface area contributed by atoms with E-state index in [9.17, 15) is 17.2 Å². The van der Waals surface area contributed by atoms with Gasteiger partial charge in [0.25, 0.3) is 0 Å². The Morgan fingerprint density at radius 2 is 1.95 bits per heavy atom. The van der Waals surface area contributed by atoms with E-state index in [0.717, 1.165) is 29.3 Å². The Bertz CT molecular complexity index is 644. The number of benzene rings is 1. The summed E-state index contributed by atoms with van der Waals surface area (Å²) < 4.78 is 53.2. The van der Waals surface area contributed by atoms with Gasteiger partial charge in [-0.05, 0) is 25.0 Å². The number of thiocarbonyl (C=S) groups is 1. The van der Waals surface area contributed by atoms with Crippen molar-refractivity contribution < 1.29 is 17.2 Å². The summed E-state index contributed by atoms with van der Waals surface area (Å²) in [7, 11) is -4.10. The van der Waals surface area contributed by atoms with E-state index < -0.39 is 26.6 Å². The molecule has 1 aromatic carbocycles. The van der Waals surface area contributed by atoms with E-state index >= 15 is 0 Å². The van der Waals surface area contributed by atoms with Crippen molar-refractivity contribution >= 4 is 27.2 Å². The molecule has 0 heterocycles. The first-order valence-corrected chi connectivity index (χ1v) is 8.42. The van der Waals surface area contributed by atoms with Crippen LogP contribution >= 0.6 is 12.2 Å². The highest BCUT2D eigenvalue weighted by atomic mass is 32.2. The molecule has 21 heavy (non-hydrogen) atoms. The molecule has 0 atom stereocenters. The zero-order valence-electron chi connectivity index (χ0n) is 11.3. The third kappa shape index (κ3) is 3.56. The van der Waals surface area contributed by atoms with Crippen LogP contribution in [0.3, 0.4) is 0 Å². The smallest absolute Gasteiger partial charge is 0.246 e.